The maximum absolute atomic E-state index is 12.8. The summed E-state index contributed by atoms with van der Waals surface area (Å²) in [5, 5.41) is 0. The number of rotatable bonds is 7. The molecule has 0 aliphatic carbocycles. The van der Waals surface area contributed by atoms with Gasteiger partial charge in [-0.05, 0) is 24.6 Å². The minimum absolute atomic E-state index is 0.172. The van der Waals surface area contributed by atoms with Crippen LogP contribution in [0.2, 0.25) is 0 Å². The van der Waals surface area contributed by atoms with Gasteiger partial charge in [-0.15, -0.1) is 0 Å². The van der Waals surface area contributed by atoms with Gasteiger partial charge in [-0.2, -0.15) is 0 Å². The Bertz CT molecular complexity index is 944. The number of benzene rings is 2. The summed E-state index contributed by atoms with van der Waals surface area (Å²) >= 11 is 0. The normalized spacial score (nSPS) is 13.8. The van der Waals surface area contributed by atoms with Crippen molar-refractivity contribution >= 4 is 29.4 Å². The van der Waals surface area contributed by atoms with E-state index in [9.17, 15) is 19.2 Å². The van der Waals surface area contributed by atoms with Crippen LogP contribution in [-0.4, -0.2) is 53.8 Å². The van der Waals surface area contributed by atoms with Crippen LogP contribution in [0.1, 0.15) is 12.5 Å². The zero-order valence-corrected chi connectivity index (χ0v) is 16.2. The van der Waals surface area contributed by atoms with E-state index in [1.807, 2.05) is 30.3 Å². The summed E-state index contributed by atoms with van der Waals surface area (Å²) < 4.78 is 5.45. The highest BCUT2D eigenvalue weighted by molar-refractivity contribution is 6.53. The molecule has 0 bridgehead atoms. The largest absolute Gasteiger partial charge is 0.492 e. The molecule has 0 spiro atoms. The minimum atomic E-state index is -1.04. The molecular formula is C21H21N3O5. The summed E-state index contributed by atoms with van der Waals surface area (Å²) in [7, 11) is 1.57. The van der Waals surface area contributed by atoms with E-state index in [4.69, 9.17) is 4.74 Å². The summed E-state index contributed by atoms with van der Waals surface area (Å²) in [6.45, 7) is 1.90. The number of hydrogen-bond donors (Lipinski definition) is 0. The van der Waals surface area contributed by atoms with Crippen LogP contribution in [0.5, 0.6) is 5.75 Å². The molecule has 3 rings (SSSR count). The Morgan fingerprint density at radius 2 is 1.62 bits per heavy atom. The van der Waals surface area contributed by atoms with Gasteiger partial charge in [0.15, 0.2) is 0 Å². The molecule has 8 heteroatoms. The Morgan fingerprint density at radius 1 is 0.966 bits per heavy atom. The highest BCUT2D eigenvalue weighted by Gasteiger charge is 2.47. The first-order valence-electron chi connectivity index (χ1n) is 9.13. The van der Waals surface area contributed by atoms with Crippen molar-refractivity contribution in [3.8, 4) is 5.75 Å². The number of carbonyl (C=O) groups is 4. The van der Waals surface area contributed by atoms with Gasteiger partial charge in [0.1, 0.15) is 12.3 Å². The third-order valence-corrected chi connectivity index (χ3v) is 4.44. The summed E-state index contributed by atoms with van der Waals surface area (Å²) in [5.74, 6) is -2.20. The maximum Gasteiger partial charge on any atom is 0.339 e. The number of amides is 5. The fourth-order valence-corrected chi connectivity index (χ4v) is 2.98. The fourth-order valence-electron chi connectivity index (χ4n) is 2.98. The molecule has 1 fully saturated rings. The van der Waals surface area contributed by atoms with Crippen LogP contribution < -0.4 is 9.64 Å². The van der Waals surface area contributed by atoms with Gasteiger partial charge >= 0.3 is 17.8 Å². The molecule has 1 aliphatic heterocycles. The lowest BCUT2D eigenvalue weighted by Gasteiger charge is -2.21. The molecule has 29 heavy (non-hydrogen) atoms. The number of imide groups is 2. The second-order valence-electron chi connectivity index (χ2n) is 6.45. The lowest BCUT2D eigenvalue weighted by atomic mass is 10.2. The lowest BCUT2D eigenvalue weighted by molar-refractivity contribution is -0.142. The van der Waals surface area contributed by atoms with E-state index in [-0.39, 0.29) is 5.69 Å². The molecule has 1 saturated heterocycles. The van der Waals surface area contributed by atoms with Crippen LogP contribution in [0.4, 0.5) is 10.5 Å². The lowest BCUT2D eigenvalue weighted by Crippen LogP contribution is -2.42. The molecule has 2 aromatic carbocycles. The van der Waals surface area contributed by atoms with Crippen LogP contribution >= 0.6 is 0 Å². The van der Waals surface area contributed by atoms with Gasteiger partial charge in [-0.1, -0.05) is 42.5 Å². The number of nitrogens with zero attached hydrogens (tertiary/aromatic N) is 3. The van der Waals surface area contributed by atoms with E-state index in [0.717, 1.165) is 10.5 Å². The Kier molecular flexibility index (Phi) is 5.92. The van der Waals surface area contributed by atoms with Gasteiger partial charge < -0.3 is 9.64 Å². The van der Waals surface area contributed by atoms with Gasteiger partial charge in [-0.25, -0.2) is 14.6 Å². The van der Waals surface area contributed by atoms with E-state index in [1.165, 1.54) is 11.0 Å². The minimum Gasteiger partial charge on any atom is -0.492 e. The first kappa shape index (κ1) is 20.1. The van der Waals surface area contributed by atoms with Crippen LogP contribution in [0.15, 0.2) is 54.6 Å². The average Bonchev–Trinajstić information content (AvgIpc) is 2.93. The third kappa shape index (κ3) is 4.11. The topological polar surface area (TPSA) is 87.2 Å². The summed E-state index contributed by atoms with van der Waals surface area (Å²) in [6, 6.07) is 14.9. The van der Waals surface area contributed by atoms with Crippen LogP contribution in [0.3, 0.4) is 0 Å². The van der Waals surface area contributed by atoms with Crippen LogP contribution in [-0.2, 0) is 20.9 Å². The van der Waals surface area contributed by atoms with Crippen molar-refractivity contribution in [1.29, 1.82) is 0 Å². The number of ether oxygens (including phenoxy) is 1. The van der Waals surface area contributed by atoms with Crippen molar-refractivity contribution in [2.45, 2.75) is 13.5 Å². The molecule has 2 aromatic rings. The SMILES string of the molecule is CCOc1ccccc1N1C(=O)C(=O)N(CC(=O)N(C)Cc2ccccc2)C1=O. The molecule has 0 aromatic heterocycles. The molecule has 150 valence electrons. The Morgan fingerprint density at radius 3 is 2.31 bits per heavy atom. The van der Waals surface area contributed by atoms with Gasteiger partial charge in [0.2, 0.25) is 5.91 Å². The molecule has 0 atom stereocenters. The van der Waals surface area contributed by atoms with Crippen molar-refractivity contribution in [1.82, 2.24) is 9.80 Å². The summed E-state index contributed by atoms with van der Waals surface area (Å²) in [4.78, 5) is 53.0. The van der Waals surface area contributed by atoms with Crippen molar-refractivity contribution in [2.24, 2.45) is 0 Å². The van der Waals surface area contributed by atoms with E-state index in [0.29, 0.717) is 23.8 Å². The van der Waals surface area contributed by atoms with Crippen molar-refractivity contribution in [3.63, 3.8) is 0 Å². The zero-order chi connectivity index (χ0) is 21.0. The van der Waals surface area contributed by atoms with Crippen LogP contribution in [0, 0.1) is 0 Å². The molecule has 0 N–H and O–H groups in total. The second-order valence-corrected chi connectivity index (χ2v) is 6.45. The summed E-state index contributed by atoms with van der Waals surface area (Å²) in [5.41, 5.74) is 1.08. The first-order chi connectivity index (χ1) is 13.9. The molecule has 5 amide bonds. The molecule has 0 unspecified atom stereocenters. The van der Waals surface area contributed by atoms with Gasteiger partial charge in [-0.3, -0.25) is 14.4 Å². The number of para-hydroxylation sites is 2. The molecule has 0 saturated carbocycles. The quantitative estimate of drug-likeness (QED) is 0.529. The van der Waals surface area contributed by atoms with Crippen molar-refractivity contribution in [2.75, 3.05) is 25.1 Å². The van der Waals surface area contributed by atoms with Gasteiger partial charge in [0.05, 0.1) is 12.3 Å². The van der Waals surface area contributed by atoms with Crippen molar-refractivity contribution in [3.05, 3.63) is 60.2 Å². The molecular weight excluding hydrogens is 374 g/mol. The molecule has 8 nitrogen and oxygen atoms in total. The Balaban J connectivity index is 1.76. The Hall–Kier alpha value is -3.68. The number of likely N-dealkylation sites (N-methyl/N-ethyl adjacent to an activating group) is 1. The number of anilines is 1. The van der Waals surface area contributed by atoms with Gasteiger partial charge in [0.25, 0.3) is 0 Å². The van der Waals surface area contributed by atoms with Gasteiger partial charge in [0, 0.05) is 13.6 Å². The average molecular weight is 395 g/mol. The highest BCUT2D eigenvalue weighted by Crippen LogP contribution is 2.31. The molecule has 0 radical (unpaired) electrons. The van der Waals surface area contributed by atoms with Crippen molar-refractivity contribution < 1.29 is 23.9 Å². The smallest absolute Gasteiger partial charge is 0.339 e. The van der Waals surface area contributed by atoms with E-state index < -0.39 is 30.3 Å². The van der Waals surface area contributed by atoms with E-state index in [1.54, 1.807) is 32.2 Å². The van der Waals surface area contributed by atoms with Crippen LogP contribution in [0.25, 0.3) is 0 Å². The maximum atomic E-state index is 12.8. The predicted molar refractivity (Wildman–Crippen MR) is 105 cm³/mol. The zero-order valence-electron chi connectivity index (χ0n) is 16.2. The second kappa shape index (κ2) is 8.55. The first-order valence-corrected chi connectivity index (χ1v) is 9.13. The predicted octanol–water partition coefficient (Wildman–Crippen LogP) is 2.04. The monoisotopic (exact) mass is 395 g/mol. The fraction of sp³-hybridized carbons (Fsp3) is 0.238. The molecule has 1 aliphatic rings. The Labute approximate surface area is 168 Å². The number of hydrogen-bond acceptors (Lipinski definition) is 5. The highest BCUT2D eigenvalue weighted by atomic mass is 16.5. The summed E-state index contributed by atoms with van der Waals surface area (Å²) in [6.07, 6.45) is 0. The number of urea groups is 1. The third-order valence-electron chi connectivity index (χ3n) is 4.44. The molecule has 1 heterocycles. The standard InChI is InChI=1S/C21H21N3O5/c1-3-29-17-12-8-7-11-16(17)24-20(27)19(26)23(21(24)28)14-18(25)22(2)13-15-9-5-4-6-10-15/h4-12H,3,13-14H2,1-2H3. The van der Waals surface area contributed by atoms with E-state index >= 15 is 0 Å². The van der Waals surface area contributed by atoms with E-state index in [2.05, 4.69) is 0 Å². The number of carbonyl (C=O) groups excluding carboxylic acids is 4.